The molecule has 11 nitrogen and oxygen atoms in total. The molecule has 4 rings (SSSR count). The lowest BCUT2D eigenvalue weighted by Crippen LogP contribution is -2.50. The number of non-ortho nitro benzene ring substituents is 1. The number of carbonyl (C=O) groups is 2. The van der Waals surface area contributed by atoms with E-state index >= 15 is 0 Å². The number of likely N-dealkylation sites (tertiary alicyclic amines) is 1. The fourth-order valence-corrected chi connectivity index (χ4v) is 4.37. The van der Waals surface area contributed by atoms with Crippen molar-refractivity contribution in [3.05, 3.63) is 51.0 Å². The Morgan fingerprint density at radius 3 is 2.56 bits per heavy atom. The van der Waals surface area contributed by atoms with Crippen LogP contribution in [0.5, 0.6) is 0 Å². The molecular weight excluding hydrogens is 438 g/mol. The van der Waals surface area contributed by atoms with Crippen LogP contribution >= 0.6 is 11.3 Å². The van der Waals surface area contributed by atoms with E-state index in [0.29, 0.717) is 50.3 Å². The number of aromatic nitrogens is 1. The Kier molecular flexibility index (Phi) is 6.51. The molecule has 2 fully saturated rings. The summed E-state index contributed by atoms with van der Waals surface area (Å²) in [6.07, 6.45) is 0.428. The molecule has 3 heterocycles. The summed E-state index contributed by atoms with van der Waals surface area (Å²) in [6.45, 7) is 2.02. The zero-order valence-electron chi connectivity index (χ0n) is 17.2. The van der Waals surface area contributed by atoms with Crippen LogP contribution in [0, 0.1) is 10.1 Å². The van der Waals surface area contributed by atoms with Crippen molar-refractivity contribution in [2.45, 2.75) is 31.6 Å². The molecule has 2 N–H and O–H groups in total. The Morgan fingerprint density at radius 2 is 1.94 bits per heavy atom. The van der Waals surface area contributed by atoms with Crippen LogP contribution < -0.4 is 10.2 Å². The molecule has 0 atom stereocenters. The standard InChI is InChI=1S/C20H23N5O6S/c26-16-9-24(10-16)19-22-17(12-32-19)18(27)21-14-5-7-23(8-6-14)20(28)31-11-13-1-3-15(4-2-13)25(29)30/h1-4,12,14,16,26H,5-11H2,(H,21,27). The number of β-amino-alcohol motifs (C(OH)–C–C–N with tert-alkyl or cyclic N) is 1. The van der Waals surface area contributed by atoms with Gasteiger partial charge in [0.15, 0.2) is 5.13 Å². The quantitative estimate of drug-likeness (QED) is 0.490. The second-order valence-electron chi connectivity index (χ2n) is 7.79. The molecule has 1 aromatic carbocycles. The lowest BCUT2D eigenvalue weighted by atomic mass is 10.1. The zero-order valence-corrected chi connectivity index (χ0v) is 18.0. The summed E-state index contributed by atoms with van der Waals surface area (Å²) in [7, 11) is 0. The molecule has 0 unspecified atom stereocenters. The number of piperidine rings is 1. The number of hydrogen-bond donors (Lipinski definition) is 2. The number of nitrogens with zero attached hydrogens (tertiary/aromatic N) is 4. The van der Waals surface area contributed by atoms with Gasteiger partial charge in [-0.15, -0.1) is 11.3 Å². The number of nitro groups is 1. The number of nitrogens with one attached hydrogen (secondary N) is 1. The highest BCUT2D eigenvalue weighted by atomic mass is 32.1. The summed E-state index contributed by atoms with van der Waals surface area (Å²) in [5.41, 5.74) is 1.01. The summed E-state index contributed by atoms with van der Waals surface area (Å²) in [5, 5.41) is 25.5. The van der Waals surface area contributed by atoms with E-state index in [-0.39, 0.29) is 30.3 Å². The van der Waals surface area contributed by atoms with Crippen LogP contribution in [-0.2, 0) is 11.3 Å². The normalized spacial score (nSPS) is 17.0. The van der Waals surface area contributed by atoms with Crippen molar-refractivity contribution < 1.29 is 24.4 Å². The van der Waals surface area contributed by atoms with Gasteiger partial charge in [0, 0.05) is 49.7 Å². The van der Waals surface area contributed by atoms with Gasteiger partial charge in [0.2, 0.25) is 0 Å². The van der Waals surface area contributed by atoms with Crippen LogP contribution in [0.25, 0.3) is 0 Å². The number of hydrogen-bond acceptors (Lipinski definition) is 9. The van der Waals surface area contributed by atoms with E-state index in [1.165, 1.54) is 23.5 Å². The third kappa shape index (κ3) is 5.14. The number of benzene rings is 1. The van der Waals surface area contributed by atoms with Crippen molar-refractivity contribution in [2.24, 2.45) is 0 Å². The number of thiazole rings is 1. The highest BCUT2D eigenvalue weighted by Gasteiger charge is 2.29. The number of anilines is 1. The van der Waals surface area contributed by atoms with E-state index in [2.05, 4.69) is 10.3 Å². The van der Waals surface area contributed by atoms with Crippen molar-refractivity contribution in [1.82, 2.24) is 15.2 Å². The molecular formula is C20H23N5O6S. The van der Waals surface area contributed by atoms with Crippen molar-refractivity contribution in [1.29, 1.82) is 0 Å². The lowest BCUT2D eigenvalue weighted by molar-refractivity contribution is -0.384. The number of rotatable bonds is 6. The minimum absolute atomic E-state index is 0.0163. The third-order valence-corrected chi connectivity index (χ3v) is 6.36. The van der Waals surface area contributed by atoms with Crippen LogP contribution in [0.4, 0.5) is 15.6 Å². The second kappa shape index (κ2) is 9.49. The molecule has 2 saturated heterocycles. The van der Waals surface area contributed by atoms with Gasteiger partial charge < -0.3 is 25.0 Å². The largest absolute Gasteiger partial charge is 0.445 e. The molecule has 0 spiro atoms. The van der Waals surface area contributed by atoms with Crippen LogP contribution in [0.2, 0.25) is 0 Å². The number of ether oxygens (including phenoxy) is 1. The van der Waals surface area contributed by atoms with E-state index in [9.17, 15) is 24.8 Å². The smallest absolute Gasteiger partial charge is 0.410 e. The molecule has 2 amide bonds. The molecule has 0 saturated carbocycles. The minimum Gasteiger partial charge on any atom is -0.445 e. The highest BCUT2D eigenvalue weighted by molar-refractivity contribution is 7.14. The van der Waals surface area contributed by atoms with Crippen molar-refractivity contribution in [3.63, 3.8) is 0 Å². The molecule has 2 aliphatic heterocycles. The monoisotopic (exact) mass is 461 g/mol. The Labute approximate surface area is 187 Å². The van der Waals surface area contributed by atoms with Gasteiger partial charge in [-0.3, -0.25) is 14.9 Å². The summed E-state index contributed by atoms with van der Waals surface area (Å²) in [5.74, 6) is -0.243. The maximum absolute atomic E-state index is 12.5. The van der Waals surface area contributed by atoms with Gasteiger partial charge in [0.05, 0.1) is 11.0 Å². The van der Waals surface area contributed by atoms with Crippen LogP contribution in [0.15, 0.2) is 29.6 Å². The van der Waals surface area contributed by atoms with Crippen molar-refractivity contribution in [3.8, 4) is 0 Å². The Balaban J connectivity index is 1.19. The Morgan fingerprint density at radius 1 is 1.25 bits per heavy atom. The highest BCUT2D eigenvalue weighted by Crippen LogP contribution is 2.25. The zero-order chi connectivity index (χ0) is 22.7. The first-order valence-electron chi connectivity index (χ1n) is 10.2. The summed E-state index contributed by atoms with van der Waals surface area (Å²) in [4.78, 5) is 42.8. The fraction of sp³-hybridized carbons (Fsp3) is 0.450. The summed E-state index contributed by atoms with van der Waals surface area (Å²) in [6, 6.07) is 5.80. The molecule has 0 aliphatic carbocycles. The predicted molar refractivity (Wildman–Crippen MR) is 116 cm³/mol. The van der Waals surface area contributed by atoms with E-state index in [0.717, 1.165) is 5.13 Å². The molecule has 32 heavy (non-hydrogen) atoms. The number of aliphatic hydroxyl groups is 1. The summed E-state index contributed by atoms with van der Waals surface area (Å²) >= 11 is 1.38. The fourth-order valence-electron chi connectivity index (χ4n) is 3.54. The topological polar surface area (TPSA) is 138 Å². The van der Waals surface area contributed by atoms with Gasteiger partial charge in [-0.2, -0.15) is 0 Å². The van der Waals surface area contributed by atoms with E-state index in [4.69, 9.17) is 4.74 Å². The second-order valence-corrected chi connectivity index (χ2v) is 8.62. The van der Waals surface area contributed by atoms with E-state index in [1.807, 2.05) is 4.90 Å². The average molecular weight is 462 g/mol. The predicted octanol–water partition coefficient (Wildman–Crippen LogP) is 1.76. The van der Waals surface area contributed by atoms with Gasteiger partial charge in [0.25, 0.3) is 11.6 Å². The molecule has 170 valence electrons. The molecule has 0 radical (unpaired) electrons. The number of nitro benzene ring substituents is 1. The molecule has 2 aromatic rings. The molecule has 2 aliphatic rings. The maximum Gasteiger partial charge on any atom is 0.410 e. The van der Waals surface area contributed by atoms with Crippen LogP contribution in [-0.4, -0.2) is 70.2 Å². The van der Waals surface area contributed by atoms with Crippen LogP contribution in [0.1, 0.15) is 28.9 Å². The first-order chi connectivity index (χ1) is 15.4. The van der Waals surface area contributed by atoms with Gasteiger partial charge in [-0.25, -0.2) is 9.78 Å². The SMILES string of the molecule is O=C(NC1CCN(C(=O)OCc2ccc([N+](=O)[O-])cc2)CC1)c1csc(N2CC(O)C2)n1. The Bertz CT molecular complexity index is 983. The lowest BCUT2D eigenvalue weighted by Gasteiger charge is -2.35. The first-order valence-corrected chi connectivity index (χ1v) is 11.1. The molecule has 0 bridgehead atoms. The minimum atomic E-state index is -0.482. The van der Waals surface area contributed by atoms with Crippen LogP contribution in [0.3, 0.4) is 0 Å². The van der Waals surface area contributed by atoms with Gasteiger partial charge in [-0.05, 0) is 30.5 Å². The number of carbonyl (C=O) groups excluding carboxylic acids is 2. The third-order valence-electron chi connectivity index (χ3n) is 5.46. The van der Waals surface area contributed by atoms with Crippen molar-refractivity contribution in [2.75, 3.05) is 31.1 Å². The molecule has 12 heteroatoms. The summed E-state index contributed by atoms with van der Waals surface area (Å²) < 4.78 is 5.30. The van der Waals surface area contributed by atoms with E-state index < -0.39 is 11.0 Å². The number of amides is 2. The average Bonchev–Trinajstić information content (AvgIpc) is 3.26. The maximum atomic E-state index is 12.5. The molecule has 1 aromatic heterocycles. The van der Waals surface area contributed by atoms with Gasteiger partial charge in [-0.1, -0.05) is 0 Å². The Hall–Kier alpha value is -3.25. The van der Waals surface area contributed by atoms with Gasteiger partial charge in [0.1, 0.15) is 12.3 Å². The van der Waals surface area contributed by atoms with Gasteiger partial charge >= 0.3 is 6.09 Å². The number of aliphatic hydroxyl groups excluding tert-OH is 1. The first kappa shape index (κ1) is 22.0. The van der Waals surface area contributed by atoms with Crippen molar-refractivity contribution >= 4 is 34.2 Å². The van der Waals surface area contributed by atoms with E-state index in [1.54, 1.807) is 22.4 Å².